The molecule has 17 heavy (non-hydrogen) atoms. The number of rotatable bonds is 3. The van der Waals surface area contributed by atoms with Crippen molar-refractivity contribution in [1.29, 1.82) is 0 Å². The Kier molecular flexibility index (Phi) is 4.65. The standard InChI is InChI=1S/C14H27NOS/c1-10-5-4-6-12(9-10)17(16)14-8-7-13(15-3)11(14)2/h10-15H,4-9H2,1-3H3. The van der Waals surface area contributed by atoms with E-state index in [0.717, 1.165) is 12.3 Å². The minimum atomic E-state index is -0.595. The fraction of sp³-hybridized carbons (Fsp3) is 1.00. The summed E-state index contributed by atoms with van der Waals surface area (Å²) >= 11 is 0. The zero-order chi connectivity index (χ0) is 12.4. The highest BCUT2D eigenvalue weighted by Crippen LogP contribution is 2.35. The summed E-state index contributed by atoms with van der Waals surface area (Å²) in [5.74, 6) is 1.37. The maximum absolute atomic E-state index is 12.7. The third kappa shape index (κ3) is 2.93. The van der Waals surface area contributed by atoms with E-state index in [1.807, 2.05) is 7.05 Å². The first kappa shape index (κ1) is 13.5. The lowest BCUT2D eigenvalue weighted by molar-refractivity contribution is 0.385. The first-order valence-corrected chi connectivity index (χ1v) is 8.47. The zero-order valence-corrected chi connectivity index (χ0v) is 12.3. The first-order chi connectivity index (χ1) is 8.13. The molecule has 2 fully saturated rings. The van der Waals surface area contributed by atoms with Crippen molar-refractivity contribution >= 4 is 10.8 Å². The molecular weight excluding hydrogens is 230 g/mol. The smallest absolute Gasteiger partial charge is 0.0391 e. The highest BCUT2D eigenvalue weighted by molar-refractivity contribution is 7.86. The molecular formula is C14H27NOS. The average Bonchev–Trinajstić information content (AvgIpc) is 2.69. The van der Waals surface area contributed by atoms with E-state index >= 15 is 0 Å². The van der Waals surface area contributed by atoms with Gasteiger partial charge in [-0.2, -0.15) is 0 Å². The summed E-state index contributed by atoms with van der Waals surface area (Å²) in [4.78, 5) is 0. The van der Waals surface area contributed by atoms with Gasteiger partial charge in [0.1, 0.15) is 0 Å². The van der Waals surface area contributed by atoms with E-state index in [1.54, 1.807) is 0 Å². The predicted molar refractivity (Wildman–Crippen MR) is 74.6 cm³/mol. The molecule has 2 saturated carbocycles. The van der Waals surface area contributed by atoms with Gasteiger partial charge in [-0.05, 0) is 44.6 Å². The normalized spacial score (nSPS) is 44.8. The third-order valence-electron chi connectivity index (χ3n) is 4.87. The monoisotopic (exact) mass is 257 g/mol. The van der Waals surface area contributed by atoms with E-state index in [1.165, 1.54) is 32.1 Å². The van der Waals surface area contributed by atoms with Crippen molar-refractivity contribution in [3.8, 4) is 0 Å². The van der Waals surface area contributed by atoms with Crippen LogP contribution in [0.3, 0.4) is 0 Å². The van der Waals surface area contributed by atoms with Crippen molar-refractivity contribution in [2.45, 2.75) is 68.9 Å². The van der Waals surface area contributed by atoms with Gasteiger partial charge in [-0.1, -0.05) is 26.7 Å². The van der Waals surface area contributed by atoms with Crippen LogP contribution in [0.15, 0.2) is 0 Å². The topological polar surface area (TPSA) is 29.1 Å². The molecule has 0 heterocycles. The largest absolute Gasteiger partial charge is 0.317 e. The Labute approximate surface area is 108 Å². The number of hydrogen-bond donors (Lipinski definition) is 1. The Morgan fingerprint density at radius 1 is 1.12 bits per heavy atom. The second kappa shape index (κ2) is 5.83. The highest BCUT2D eigenvalue weighted by Gasteiger charge is 2.38. The van der Waals surface area contributed by atoms with Crippen LogP contribution in [0, 0.1) is 11.8 Å². The van der Waals surface area contributed by atoms with Crippen LogP contribution in [0.4, 0.5) is 0 Å². The minimum Gasteiger partial charge on any atom is -0.317 e. The highest BCUT2D eigenvalue weighted by atomic mass is 32.2. The summed E-state index contributed by atoms with van der Waals surface area (Å²) in [6.07, 6.45) is 7.38. The van der Waals surface area contributed by atoms with Crippen molar-refractivity contribution < 1.29 is 4.21 Å². The van der Waals surface area contributed by atoms with Crippen molar-refractivity contribution in [3.05, 3.63) is 0 Å². The van der Waals surface area contributed by atoms with Gasteiger partial charge in [-0.15, -0.1) is 0 Å². The van der Waals surface area contributed by atoms with Crippen LogP contribution in [-0.2, 0) is 10.8 Å². The molecule has 6 unspecified atom stereocenters. The molecule has 2 aliphatic rings. The van der Waals surface area contributed by atoms with Gasteiger partial charge in [0.05, 0.1) is 0 Å². The van der Waals surface area contributed by atoms with Gasteiger partial charge in [0.25, 0.3) is 0 Å². The average molecular weight is 257 g/mol. The molecule has 6 atom stereocenters. The SMILES string of the molecule is CNC1CCC(S(=O)C2CCCC(C)C2)C1C. The van der Waals surface area contributed by atoms with Crippen LogP contribution in [0.1, 0.15) is 52.4 Å². The number of nitrogens with one attached hydrogen (secondary N) is 1. The Bertz CT molecular complexity index is 281. The molecule has 0 aliphatic heterocycles. The molecule has 0 aromatic heterocycles. The molecule has 100 valence electrons. The van der Waals surface area contributed by atoms with Gasteiger partial charge in [0.2, 0.25) is 0 Å². The summed E-state index contributed by atoms with van der Waals surface area (Å²) in [5, 5.41) is 4.31. The predicted octanol–water partition coefficient (Wildman–Crippen LogP) is 2.70. The molecule has 3 heteroatoms. The summed E-state index contributed by atoms with van der Waals surface area (Å²) in [5.41, 5.74) is 0. The van der Waals surface area contributed by atoms with E-state index in [4.69, 9.17) is 0 Å². The molecule has 2 aliphatic carbocycles. The van der Waals surface area contributed by atoms with Gasteiger partial charge in [0, 0.05) is 27.3 Å². The molecule has 0 saturated heterocycles. The van der Waals surface area contributed by atoms with Crippen LogP contribution in [0.5, 0.6) is 0 Å². The van der Waals surface area contributed by atoms with Crippen LogP contribution >= 0.6 is 0 Å². The van der Waals surface area contributed by atoms with Crippen LogP contribution in [0.25, 0.3) is 0 Å². The Balaban J connectivity index is 1.95. The summed E-state index contributed by atoms with van der Waals surface area (Å²) in [6, 6.07) is 0.588. The molecule has 0 amide bonds. The zero-order valence-electron chi connectivity index (χ0n) is 11.4. The summed E-state index contributed by atoms with van der Waals surface area (Å²) < 4.78 is 12.7. The lowest BCUT2D eigenvalue weighted by Gasteiger charge is -2.30. The van der Waals surface area contributed by atoms with Gasteiger partial charge in [0.15, 0.2) is 0 Å². The van der Waals surface area contributed by atoms with Gasteiger partial charge in [-0.3, -0.25) is 4.21 Å². The Morgan fingerprint density at radius 3 is 2.47 bits per heavy atom. The van der Waals surface area contributed by atoms with Gasteiger partial charge in [-0.25, -0.2) is 0 Å². The lowest BCUT2D eigenvalue weighted by Crippen LogP contribution is -2.36. The van der Waals surface area contributed by atoms with Gasteiger partial charge >= 0.3 is 0 Å². The Hall–Kier alpha value is 0.110. The quantitative estimate of drug-likeness (QED) is 0.842. The minimum absolute atomic E-state index is 0.447. The summed E-state index contributed by atoms with van der Waals surface area (Å²) in [6.45, 7) is 4.60. The Morgan fingerprint density at radius 2 is 1.88 bits per heavy atom. The van der Waals surface area contributed by atoms with E-state index < -0.39 is 10.8 Å². The van der Waals surface area contributed by atoms with E-state index in [2.05, 4.69) is 19.2 Å². The van der Waals surface area contributed by atoms with E-state index in [9.17, 15) is 4.21 Å². The molecule has 0 bridgehead atoms. The second-order valence-corrected chi connectivity index (χ2v) is 8.02. The van der Waals surface area contributed by atoms with Crippen LogP contribution in [-0.4, -0.2) is 27.8 Å². The lowest BCUT2D eigenvalue weighted by atomic mass is 9.90. The third-order valence-corrected chi connectivity index (χ3v) is 7.22. The molecule has 2 nitrogen and oxygen atoms in total. The van der Waals surface area contributed by atoms with Crippen molar-refractivity contribution in [3.63, 3.8) is 0 Å². The maximum atomic E-state index is 12.7. The maximum Gasteiger partial charge on any atom is 0.0391 e. The molecule has 0 aromatic carbocycles. The molecule has 2 rings (SSSR count). The van der Waals surface area contributed by atoms with E-state index in [-0.39, 0.29) is 0 Å². The van der Waals surface area contributed by atoms with Crippen LogP contribution < -0.4 is 5.32 Å². The van der Waals surface area contributed by atoms with Crippen molar-refractivity contribution in [2.75, 3.05) is 7.05 Å². The van der Waals surface area contributed by atoms with Crippen LogP contribution in [0.2, 0.25) is 0 Å². The molecule has 0 radical (unpaired) electrons. The second-order valence-electron chi connectivity index (χ2n) is 6.09. The first-order valence-electron chi connectivity index (χ1n) is 7.20. The number of hydrogen-bond acceptors (Lipinski definition) is 2. The fourth-order valence-corrected chi connectivity index (χ4v) is 6.09. The molecule has 0 spiro atoms. The molecule has 0 aromatic rings. The molecule has 1 N–H and O–H groups in total. The van der Waals surface area contributed by atoms with Crippen molar-refractivity contribution in [2.24, 2.45) is 11.8 Å². The van der Waals surface area contributed by atoms with Gasteiger partial charge < -0.3 is 5.32 Å². The van der Waals surface area contributed by atoms with Crippen molar-refractivity contribution in [1.82, 2.24) is 5.32 Å². The van der Waals surface area contributed by atoms with E-state index in [0.29, 0.717) is 22.5 Å². The fourth-order valence-electron chi connectivity index (χ4n) is 3.70. The summed E-state index contributed by atoms with van der Waals surface area (Å²) in [7, 11) is 1.44.